The summed E-state index contributed by atoms with van der Waals surface area (Å²) in [6, 6.07) is 3.96. The second-order valence-electron chi connectivity index (χ2n) is 3.64. The maximum absolute atomic E-state index is 4.58. The van der Waals surface area contributed by atoms with Gasteiger partial charge in [0, 0.05) is 6.20 Å². The summed E-state index contributed by atoms with van der Waals surface area (Å²) in [6.07, 6.45) is 8.59. The molecule has 2 aromatic heterocycles. The van der Waals surface area contributed by atoms with E-state index in [1.54, 1.807) is 11.3 Å². The lowest BCUT2D eigenvalue weighted by atomic mass is 10.5. The molecule has 0 unspecified atom stereocenters. The van der Waals surface area contributed by atoms with Gasteiger partial charge < -0.3 is 0 Å². The third kappa shape index (κ3) is 1.69. The molecular weight excluding hydrogens is 200 g/mol. The number of pyridine rings is 1. The Morgan fingerprint density at radius 3 is 2.69 bits per heavy atom. The van der Waals surface area contributed by atoms with E-state index in [0.29, 0.717) is 0 Å². The molecule has 0 aromatic carbocycles. The number of rotatable bonds is 1. The Morgan fingerprint density at radius 2 is 2.08 bits per heavy atom. The Hall–Kier alpha value is -0.610. The van der Waals surface area contributed by atoms with Gasteiger partial charge in [-0.05, 0) is 30.9 Å². The van der Waals surface area contributed by atoms with E-state index in [1.165, 1.54) is 4.34 Å². The molecule has 0 saturated carbocycles. The van der Waals surface area contributed by atoms with Gasteiger partial charge in [0.25, 0.3) is 0 Å². The minimum absolute atomic E-state index is 0.697. The van der Waals surface area contributed by atoms with E-state index < -0.39 is 10.0 Å². The Labute approximate surface area is 83.3 Å². The zero-order chi connectivity index (χ0) is 9.47. The summed E-state index contributed by atoms with van der Waals surface area (Å²) < 4.78 is 1.24. The van der Waals surface area contributed by atoms with Gasteiger partial charge in [-0.15, -0.1) is 0 Å². The molecule has 0 bridgehead atoms. The van der Waals surface area contributed by atoms with E-state index in [1.807, 2.05) is 18.3 Å². The van der Waals surface area contributed by atoms with Gasteiger partial charge in [0.2, 0.25) is 0 Å². The third-order valence-electron chi connectivity index (χ3n) is 1.67. The molecule has 0 radical (unpaired) electrons. The summed E-state index contributed by atoms with van der Waals surface area (Å²) in [6.45, 7) is 0. The molecule has 4 heteroatoms. The Morgan fingerprint density at radius 1 is 1.31 bits per heavy atom. The highest BCUT2D eigenvalue weighted by Crippen LogP contribution is 2.47. The highest BCUT2D eigenvalue weighted by Gasteiger charge is 2.13. The second-order valence-corrected chi connectivity index (χ2v) is 8.94. The molecule has 0 spiro atoms. The lowest BCUT2D eigenvalue weighted by molar-refractivity contribution is 1.28. The van der Waals surface area contributed by atoms with Crippen molar-refractivity contribution in [1.82, 2.24) is 9.97 Å². The molecule has 2 heterocycles. The van der Waals surface area contributed by atoms with Crippen molar-refractivity contribution in [3.05, 3.63) is 18.3 Å². The molecule has 0 saturated heterocycles. The van der Waals surface area contributed by atoms with Crippen LogP contribution in [0.2, 0.25) is 0 Å². The second kappa shape index (κ2) is 2.96. The lowest BCUT2D eigenvalue weighted by Gasteiger charge is -2.20. The van der Waals surface area contributed by atoms with Crippen molar-refractivity contribution in [3.8, 4) is 0 Å². The predicted molar refractivity (Wildman–Crippen MR) is 61.0 cm³/mol. The molecule has 13 heavy (non-hydrogen) atoms. The first kappa shape index (κ1) is 8.97. The highest BCUT2D eigenvalue weighted by atomic mass is 32.3. The van der Waals surface area contributed by atoms with E-state index in [0.717, 1.165) is 10.3 Å². The topological polar surface area (TPSA) is 25.8 Å². The number of aromatic nitrogens is 2. The standard InChI is InChI=1S/C9H12N2S2/c1-13(2,3)9-11-7-5-4-6-10-8(7)12-9/h4-6H,1-3H3. The van der Waals surface area contributed by atoms with Crippen molar-refractivity contribution in [2.45, 2.75) is 4.34 Å². The van der Waals surface area contributed by atoms with E-state index in [9.17, 15) is 0 Å². The summed E-state index contributed by atoms with van der Waals surface area (Å²) in [5.74, 6) is 0. The molecular formula is C9H12N2S2. The van der Waals surface area contributed by atoms with Crippen LogP contribution >= 0.6 is 21.4 Å². The van der Waals surface area contributed by atoms with Crippen LogP contribution in [0.3, 0.4) is 0 Å². The average molecular weight is 212 g/mol. The van der Waals surface area contributed by atoms with E-state index in [-0.39, 0.29) is 0 Å². The molecule has 0 atom stereocenters. The maximum atomic E-state index is 4.58. The van der Waals surface area contributed by atoms with Crippen molar-refractivity contribution >= 4 is 31.7 Å². The molecule has 0 aliphatic rings. The Bertz CT molecular complexity index is 395. The molecule has 2 nitrogen and oxygen atoms in total. The zero-order valence-corrected chi connectivity index (χ0v) is 9.58. The van der Waals surface area contributed by atoms with Gasteiger partial charge >= 0.3 is 0 Å². The first-order valence-electron chi connectivity index (χ1n) is 3.97. The Kier molecular flexibility index (Phi) is 2.04. The van der Waals surface area contributed by atoms with Gasteiger partial charge in [-0.2, -0.15) is 10.0 Å². The van der Waals surface area contributed by atoms with E-state index in [2.05, 4.69) is 28.7 Å². The van der Waals surface area contributed by atoms with Crippen LogP contribution in [0.25, 0.3) is 10.3 Å². The van der Waals surface area contributed by atoms with Gasteiger partial charge in [0.05, 0.1) is 0 Å². The van der Waals surface area contributed by atoms with Crippen LogP contribution in [0.1, 0.15) is 0 Å². The van der Waals surface area contributed by atoms with Gasteiger partial charge in [-0.25, -0.2) is 9.97 Å². The highest BCUT2D eigenvalue weighted by molar-refractivity contribution is 8.33. The maximum Gasteiger partial charge on any atom is 0.144 e. The van der Waals surface area contributed by atoms with Gasteiger partial charge in [-0.1, -0.05) is 11.3 Å². The van der Waals surface area contributed by atoms with Crippen molar-refractivity contribution in [1.29, 1.82) is 0 Å². The third-order valence-corrected chi connectivity index (χ3v) is 5.33. The smallest absolute Gasteiger partial charge is 0.144 e. The molecule has 0 N–H and O–H groups in total. The van der Waals surface area contributed by atoms with E-state index >= 15 is 0 Å². The summed E-state index contributed by atoms with van der Waals surface area (Å²) >= 11 is 1.72. The lowest BCUT2D eigenvalue weighted by Crippen LogP contribution is -1.90. The van der Waals surface area contributed by atoms with Crippen molar-refractivity contribution in [2.75, 3.05) is 18.8 Å². The quantitative estimate of drug-likeness (QED) is 0.726. The summed E-state index contributed by atoms with van der Waals surface area (Å²) in [7, 11) is -0.697. The van der Waals surface area contributed by atoms with Crippen LogP contribution in [0.4, 0.5) is 0 Å². The zero-order valence-electron chi connectivity index (χ0n) is 7.94. The van der Waals surface area contributed by atoms with Crippen LogP contribution in [-0.2, 0) is 0 Å². The van der Waals surface area contributed by atoms with Crippen LogP contribution < -0.4 is 0 Å². The van der Waals surface area contributed by atoms with Crippen LogP contribution in [-0.4, -0.2) is 28.7 Å². The predicted octanol–water partition coefficient (Wildman–Crippen LogP) is 2.74. The first-order valence-corrected chi connectivity index (χ1v) is 7.65. The van der Waals surface area contributed by atoms with Gasteiger partial charge in [0.1, 0.15) is 14.7 Å². The fourth-order valence-corrected chi connectivity index (χ4v) is 3.26. The monoisotopic (exact) mass is 212 g/mol. The fourth-order valence-electron chi connectivity index (χ4n) is 1.01. The molecule has 0 aliphatic heterocycles. The number of fused-ring (bicyclic) bond motifs is 1. The minimum atomic E-state index is -0.697. The molecule has 2 aromatic rings. The number of thiazole rings is 1. The van der Waals surface area contributed by atoms with Gasteiger partial charge in [-0.3, -0.25) is 0 Å². The van der Waals surface area contributed by atoms with E-state index in [4.69, 9.17) is 0 Å². The molecule has 0 fully saturated rings. The molecule has 0 aliphatic carbocycles. The van der Waals surface area contributed by atoms with Crippen LogP contribution in [0, 0.1) is 0 Å². The average Bonchev–Trinajstić information content (AvgIpc) is 2.45. The summed E-state index contributed by atoms with van der Waals surface area (Å²) in [4.78, 5) is 9.92. The van der Waals surface area contributed by atoms with Crippen molar-refractivity contribution in [3.63, 3.8) is 0 Å². The minimum Gasteiger partial charge on any atom is -0.244 e. The molecule has 0 amide bonds. The number of hydrogen-bond donors (Lipinski definition) is 0. The SMILES string of the molecule is CS(C)(C)c1nc2cccnc2s1. The van der Waals surface area contributed by atoms with Crippen LogP contribution in [0.5, 0.6) is 0 Å². The van der Waals surface area contributed by atoms with Gasteiger partial charge in [0.15, 0.2) is 0 Å². The molecule has 70 valence electrons. The van der Waals surface area contributed by atoms with Crippen molar-refractivity contribution < 1.29 is 0 Å². The first-order chi connectivity index (χ1) is 6.07. The Balaban J connectivity index is 2.63. The largest absolute Gasteiger partial charge is 0.244 e. The number of hydrogen-bond acceptors (Lipinski definition) is 3. The fraction of sp³-hybridized carbons (Fsp3) is 0.333. The molecule has 2 rings (SSSR count). The summed E-state index contributed by atoms with van der Waals surface area (Å²) in [5, 5.41) is 0. The number of nitrogens with zero attached hydrogens (tertiary/aromatic N) is 2. The van der Waals surface area contributed by atoms with Crippen LogP contribution in [0.15, 0.2) is 22.7 Å². The summed E-state index contributed by atoms with van der Waals surface area (Å²) in [5.41, 5.74) is 1.03. The van der Waals surface area contributed by atoms with Crippen molar-refractivity contribution in [2.24, 2.45) is 0 Å². The normalized spacial score (nSPS) is 13.5.